The van der Waals surface area contributed by atoms with E-state index < -0.39 is 0 Å². The predicted molar refractivity (Wildman–Crippen MR) is 55.7 cm³/mol. The molecule has 1 aliphatic rings. The number of hydrogen-bond donors (Lipinski definition) is 2. The molecule has 0 bridgehead atoms. The first kappa shape index (κ1) is 10.7. The molecule has 0 spiro atoms. The largest absolute Gasteiger partial charge is 0.392 e. The van der Waals surface area contributed by atoms with Gasteiger partial charge >= 0.3 is 0 Å². The first-order valence-corrected chi connectivity index (χ1v) is 5.15. The van der Waals surface area contributed by atoms with Gasteiger partial charge in [-0.15, -0.1) is 0 Å². The molecule has 1 aliphatic carbocycles. The van der Waals surface area contributed by atoms with Crippen molar-refractivity contribution in [3.8, 4) is 0 Å². The molecule has 0 heterocycles. The SMILES string of the molecule is CC(O)C(C)(C)NC1C=CCCC1. The zero-order valence-electron chi connectivity index (χ0n) is 8.88. The average molecular weight is 183 g/mol. The molecule has 76 valence electrons. The molecule has 0 saturated heterocycles. The molecule has 1 rings (SSSR count). The van der Waals surface area contributed by atoms with E-state index in [9.17, 15) is 5.11 Å². The molecule has 0 amide bonds. The van der Waals surface area contributed by atoms with Crippen LogP contribution in [0.25, 0.3) is 0 Å². The fraction of sp³-hybridized carbons (Fsp3) is 0.818. The molecule has 0 aromatic heterocycles. The van der Waals surface area contributed by atoms with Gasteiger partial charge in [0, 0.05) is 11.6 Å². The van der Waals surface area contributed by atoms with Crippen molar-refractivity contribution in [2.45, 2.75) is 57.7 Å². The van der Waals surface area contributed by atoms with E-state index in [0.717, 1.165) is 0 Å². The highest BCUT2D eigenvalue weighted by molar-refractivity contribution is 5.01. The minimum Gasteiger partial charge on any atom is -0.392 e. The van der Waals surface area contributed by atoms with E-state index in [1.165, 1.54) is 19.3 Å². The van der Waals surface area contributed by atoms with Gasteiger partial charge in [0.15, 0.2) is 0 Å². The van der Waals surface area contributed by atoms with Gasteiger partial charge in [0.1, 0.15) is 0 Å². The van der Waals surface area contributed by atoms with Gasteiger partial charge < -0.3 is 10.4 Å². The molecule has 0 aromatic carbocycles. The third-order valence-electron chi connectivity index (χ3n) is 2.86. The Morgan fingerprint density at radius 1 is 1.54 bits per heavy atom. The van der Waals surface area contributed by atoms with Crippen LogP contribution in [0.1, 0.15) is 40.0 Å². The third kappa shape index (κ3) is 3.12. The maximum Gasteiger partial charge on any atom is 0.0688 e. The van der Waals surface area contributed by atoms with Crippen molar-refractivity contribution in [1.82, 2.24) is 5.32 Å². The highest BCUT2D eigenvalue weighted by Crippen LogP contribution is 2.16. The first-order chi connectivity index (χ1) is 6.02. The van der Waals surface area contributed by atoms with Gasteiger partial charge in [0.2, 0.25) is 0 Å². The van der Waals surface area contributed by atoms with Gasteiger partial charge in [-0.1, -0.05) is 12.2 Å². The monoisotopic (exact) mass is 183 g/mol. The molecular weight excluding hydrogens is 162 g/mol. The van der Waals surface area contributed by atoms with Crippen LogP contribution in [0, 0.1) is 0 Å². The van der Waals surface area contributed by atoms with E-state index in [4.69, 9.17) is 0 Å². The summed E-state index contributed by atoms with van der Waals surface area (Å²) in [6.07, 6.45) is 7.76. The van der Waals surface area contributed by atoms with Crippen LogP contribution in [0.15, 0.2) is 12.2 Å². The Labute approximate surface area is 81.0 Å². The van der Waals surface area contributed by atoms with Gasteiger partial charge in [-0.3, -0.25) is 0 Å². The quantitative estimate of drug-likeness (QED) is 0.654. The summed E-state index contributed by atoms with van der Waals surface area (Å²) < 4.78 is 0. The molecule has 2 atom stereocenters. The molecular formula is C11H21NO. The van der Waals surface area contributed by atoms with Crippen LogP contribution in [-0.4, -0.2) is 22.8 Å². The zero-order chi connectivity index (χ0) is 9.90. The van der Waals surface area contributed by atoms with Gasteiger partial charge in [0.25, 0.3) is 0 Å². The first-order valence-electron chi connectivity index (χ1n) is 5.15. The molecule has 0 aliphatic heterocycles. The standard InChI is InChI=1S/C11H21NO/c1-9(13)11(2,3)12-10-7-5-4-6-8-10/h5,7,9-10,12-13H,4,6,8H2,1-3H3. The normalized spacial score (nSPS) is 26.0. The number of hydrogen-bond acceptors (Lipinski definition) is 2. The van der Waals surface area contributed by atoms with Crippen molar-refractivity contribution in [3.63, 3.8) is 0 Å². The van der Waals surface area contributed by atoms with E-state index in [-0.39, 0.29) is 11.6 Å². The number of nitrogens with one attached hydrogen (secondary N) is 1. The van der Waals surface area contributed by atoms with Crippen molar-refractivity contribution in [3.05, 3.63) is 12.2 Å². The summed E-state index contributed by atoms with van der Waals surface area (Å²) in [4.78, 5) is 0. The van der Waals surface area contributed by atoms with Crippen LogP contribution in [0.4, 0.5) is 0 Å². The van der Waals surface area contributed by atoms with Crippen molar-refractivity contribution in [2.75, 3.05) is 0 Å². The second kappa shape index (κ2) is 4.25. The summed E-state index contributed by atoms with van der Waals surface area (Å²) in [6, 6.07) is 0.443. The molecule has 0 saturated carbocycles. The van der Waals surface area contributed by atoms with Crippen molar-refractivity contribution in [2.24, 2.45) is 0 Å². The number of rotatable bonds is 3. The lowest BCUT2D eigenvalue weighted by Crippen LogP contribution is -2.52. The lowest BCUT2D eigenvalue weighted by atomic mass is 9.94. The molecule has 0 radical (unpaired) electrons. The highest BCUT2D eigenvalue weighted by atomic mass is 16.3. The van der Waals surface area contributed by atoms with Gasteiger partial charge in [-0.25, -0.2) is 0 Å². The van der Waals surface area contributed by atoms with Crippen LogP contribution in [0.3, 0.4) is 0 Å². The molecule has 2 N–H and O–H groups in total. The maximum absolute atomic E-state index is 9.52. The zero-order valence-corrected chi connectivity index (χ0v) is 8.88. The van der Waals surface area contributed by atoms with E-state index in [1.54, 1.807) is 0 Å². The van der Waals surface area contributed by atoms with Crippen molar-refractivity contribution in [1.29, 1.82) is 0 Å². The molecule has 2 unspecified atom stereocenters. The van der Waals surface area contributed by atoms with Crippen molar-refractivity contribution >= 4 is 0 Å². The van der Waals surface area contributed by atoms with Gasteiger partial charge in [-0.05, 0) is 40.0 Å². The summed E-state index contributed by atoms with van der Waals surface area (Å²) >= 11 is 0. The minimum atomic E-state index is -0.317. The highest BCUT2D eigenvalue weighted by Gasteiger charge is 2.26. The fourth-order valence-corrected chi connectivity index (χ4v) is 1.53. The lowest BCUT2D eigenvalue weighted by Gasteiger charge is -2.34. The molecule has 2 nitrogen and oxygen atoms in total. The maximum atomic E-state index is 9.52. The topological polar surface area (TPSA) is 32.3 Å². The smallest absolute Gasteiger partial charge is 0.0688 e. The van der Waals surface area contributed by atoms with Gasteiger partial charge in [0.05, 0.1) is 6.10 Å². The Hall–Kier alpha value is -0.340. The number of aliphatic hydroxyl groups excluding tert-OH is 1. The van der Waals surface area contributed by atoms with Gasteiger partial charge in [-0.2, -0.15) is 0 Å². The van der Waals surface area contributed by atoms with Crippen LogP contribution in [0.5, 0.6) is 0 Å². The predicted octanol–water partition coefficient (Wildman–Crippen LogP) is 1.84. The Morgan fingerprint density at radius 2 is 2.23 bits per heavy atom. The Kier molecular flexibility index (Phi) is 3.51. The lowest BCUT2D eigenvalue weighted by molar-refractivity contribution is 0.0906. The minimum absolute atomic E-state index is 0.188. The Bertz CT molecular complexity index is 185. The van der Waals surface area contributed by atoms with Crippen LogP contribution in [-0.2, 0) is 0 Å². The number of aliphatic hydroxyl groups is 1. The number of allylic oxidation sites excluding steroid dienone is 1. The van der Waals surface area contributed by atoms with Crippen LogP contribution in [0.2, 0.25) is 0 Å². The fourth-order valence-electron chi connectivity index (χ4n) is 1.53. The second-order valence-corrected chi connectivity index (χ2v) is 4.51. The van der Waals surface area contributed by atoms with E-state index >= 15 is 0 Å². The average Bonchev–Trinajstić information content (AvgIpc) is 2.05. The Balaban J connectivity index is 2.46. The van der Waals surface area contributed by atoms with E-state index in [2.05, 4.69) is 17.5 Å². The summed E-state index contributed by atoms with van der Waals surface area (Å²) in [5.41, 5.74) is -0.188. The Morgan fingerprint density at radius 3 is 2.69 bits per heavy atom. The second-order valence-electron chi connectivity index (χ2n) is 4.51. The summed E-state index contributed by atoms with van der Waals surface area (Å²) in [6.45, 7) is 5.92. The molecule has 0 aromatic rings. The van der Waals surface area contributed by atoms with E-state index in [0.29, 0.717) is 6.04 Å². The van der Waals surface area contributed by atoms with E-state index in [1.807, 2.05) is 20.8 Å². The van der Waals surface area contributed by atoms with Crippen LogP contribution < -0.4 is 5.32 Å². The summed E-state index contributed by atoms with van der Waals surface area (Å²) in [5.74, 6) is 0. The van der Waals surface area contributed by atoms with Crippen molar-refractivity contribution < 1.29 is 5.11 Å². The summed E-state index contributed by atoms with van der Waals surface area (Å²) in [5, 5.41) is 13.0. The van der Waals surface area contributed by atoms with Crippen LogP contribution >= 0.6 is 0 Å². The molecule has 2 heteroatoms. The molecule has 0 fully saturated rings. The summed E-state index contributed by atoms with van der Waals surface area (Å²) in [7, 11) is 0. The molecule has 13 heavy (non-hydrogen) atoms. The third-order valence-corrected chi connectivity index (χ3v) is 2.86.